The lowest BCUT2D eigenvalue weighted by molar-refractivity contribution is -0.157. The van der Waals surface area contributed by atoms with E-state index in [4.69, 9.17) is 9.47 Å². The predicted octanol–water partition coefficient (Wildman–Crippen LogP) is 3.80. The summed E-state index contributed by atoms with van der Waals surface area (Å²) in [6.07, 6.45) is 2.89. The Kier molecular flexibility index (Phi) is 7.75. The molecule has 0 aromatic heterocycles. The summed E-state index contributed by atoms with van der Waals surface area (Å²) in [5.74, 6) is -0.413. The molecule has 0 rings (SSSR count). The normalized spacial score (nSPS) is 13.5. The highest BCUT2D eigenvalue weighted by Gasteiger charge is 2.28. The summed E-state index contributed by atoms with van der Waals surface area (Å²) >= 11 is 0. The second-order valence-corrected chi connectivity index (χ2v) is 7.23. The zero-order valence-corrected chi connectivity index (χ0v) is 14.5. The minimum atomic E-state index is -0.661. The van der Waals surface area contributed by atoms with Gasteiger partial charge in [-0.05, 0) is 48.0 Å². The lowest BCUT2D eigenvalue weighted by atomic mass is 10.1. The smallest absolute Gasteiger partial charge is 0.408 e. The van der Waals surface area contributed by atoms with Crippen LogP contribution in [0.2, 0.25) is 0 Å². The third-order valence-electron chi connectivity index (χ3n) is 2.48. The first kappa shape index (κ1) is 19.7. The van der Waals surface area contributed by atoms with Crippen LogP contribution in [0.3, 0.4) is 0 Å². The van der Waals surface area contributed by atoms with Crippen LogP contribution in [-0.4, -0.2) is 29.3 Å². The molecule has 5 heteroatoms. The van der Waals surface area contributed by atoms with Crippen molar-refractivity contribution in [3.8, 4) is 0 Å². The number of hydrogen-bond donors (Lipinski definition) is 1. The van der Waals surface area contributed by atoms with Crippen molar-refractivity contribution in [2.75, 3.05) is 0 Å². The first-order chi connectivity index (χ1) is 9.44. The Bertz CT molecular complexity index is 339. The van der Waals surface area contributed by atoms with Crippen molar-refractivity contribution >= 4 is 12.1 Å². The van der Waals surface area contributed by atoms with E-state index in [0.717, 1.165) is 19.3 Å². The Balaban J connectivity index is 4.65. The van der Waals surface area contributed by atoms with E-state index in [1.807, 2.05) is 20.8 Å². The molecule has 124 valence electrons. The Labute approximate surface area is 128 Å². The maximum atomic E-state index is 12.2. The number of esters is 1. The molecule has 0 radical (unpaired) electrons. The Hall–Kier alpha value is -1.26. The van der Waals surface area contributed by atoms with Gasteiger partial charge in [0.1, 0.15) is 17.2 Å². The van der Waals surface area contributed by atoms with E-state index in [9.17, 15) is 9.59 Å². The molecule has 0 spiro atoms. The van der Waals surface area contributed by atoms with Gasteiger partial charge in [0.2, 0.25) is 0 Å². The maximum Gasteiger partial charge on any atom is 0.408 e. The molecule has 0 aromatic rings. The van der Waals surface area contributed by atoms with Crippen molar-refractivity contribution in [1.82, 2.24) is 5.32 Å². The summed E-state index contributed by atoms with van der Waals surface area (Å²) in [5.41, 5.74) is -1.16. The monoisotopic (exact) mass is 301 g/mol. The summed E-state index contributed by atoms with van der Waals surface area (Å²) in [6, 6.07) is -0.661. The summed E-state index contributed by atoms with van der Waals surface area (Å²) in [4.78, 5) is 24.0. The number of nitrogens with one attached hydrogen (secondary N) is 1. The molecular weight excluding hydrogens is 270 g/mol. The molecule has 0 saturated carbocycles. The van der Waals surface area contributed by atoms with Crippen molar-refractivity contribution < 1.29 is 19.1 Å². The molecular formula is C16H31NO4. The molecule has 1 N–H and O–H groups in total. The van der Waals surface area contributed by atoms with Crippen molar-refractivity contribution in [2.24, 2.45) is 0 Å². The second-order valence-electron chi connectivity index (χ2n) is 7.23. The highest BCUT2D eigenvalue weighted by atomic mass is 16.6. The van der Waals surface area contributed by atoms with Gasteiger partial charge in [0.25, 0.3) is 0 Å². The highest BCUT2D eigenvalue weighted by Crippen LogP contribution is 2.13. The number of ether oxygens (including phenoxy) is 2. The molecule has 0 aliphatic carbocycles. The molecule has 5 nitrogen and oxygen atoms in total. The van der Waals surface area contributed by atoms with Gasteiger partial charge in [-0.2, -0.15) is 0 Å². The van der Waals surface area contributed by atoms with Crippen LogP contribution >= 0.6 is 0 Å². The third kappa shape index (κ3) is 11.1. The van der Waals surface area contributed by atoms with Gasteiger partial charge in [0.05, 0.1) is 0 Å². The van der Waals surface area contributed by atoms with Gasteiger partial charge in [-0.15, -0.1) is 0 Å². The number of hydrogen-bond acceptors (Lipinski definition) is 4. The van der Waals surface area contributed by atoms with Crippen LogP contribution in [0.5, 0.6) is 0 Å². The fourth-order valence-corrected chi connectivity index (χ4v) is 1.67. The number of unbranched alkanes of at least 4 members (excludes halogenated alkanes) is 2. The molecule has 0 aromatic carbocycles. The average Bonchev–Trinajstić information content (AvgIpc) is 2.22. The molecule has 1 unspecified atom stereocenters. The molecule has 1 atom stereocenters. The SMILES string of the molecule is CCCCCC(NC(=O)OC(C)(C)C)C(=O)OC(C)(C)C. The van der Waals surface area contributed by atoms with Crippen molar-refractivity contribution in [2.45, 2.75) is 91.4 Å². The molecule has 0 aliphatic rings. The molecule has 1 amide bonds. The standard InChI is InChI=1S/C16H31NO4/c1-8-9-10-11-12(13(18)20-15(2,3)4)17-14(19)21-16(5,6)7/h12H,8-11H2,1-7H3,(H,17,19). The van der Waals surface area contributed by atoms with Gasteiger partial charge < -0.3 is 14.8 Å². The van der Waals surface area contributed by atoms with Crippen LogP contribution in [0.15, 0.2) is 0 Å². The largest absolute Gasteiger partial charge is 0.458 e. The molecule has 0 saturated heterocycles. The maximum absolute atomic E-state index is 12.2. The van der Waals surface area contributed by atoms with Gasteiger partial charge in [-0.3, -0.25) is 0 Å². The fourth-order valence-electron chi connectivity index (χ4n) is 1.67. The second kappa shape index (κ2) is 8.25. The zero-order valence-electron chi connectivity index (χ0n) is 14.5. The zero-order chi connectivity index (χ0) is 16.7. The van der Waals surface area contributed by atoms with Crippen LogP contribution in [-0.2, 0) is 14.3 Å². The lowest BCUT2D eigenvalue weighted by Gasteiger charge is -2.26. The van der Waals surface area contributed by atoms with E-state index in [1.54, 1.807) is 20.8 Å². The van der Waals surface area contributed by atoms with Gasteiger partial charge in [-0.1, -0.05) is 26.2 Å². The molecule has 0 bridgehead atoms. The fraction of sp³-hybridized carbons (Fsp3) is 0.875. The highest BCUT2D eigenvalue weighted by molar-refractivity contribution is 5.81. The van der Waals surface area contributed by atoms with Crippen LogP contribution in [0.4, 0.5) is 4.79 Å². The van der Waals surface area contributed by atoms with Crippen LogP contribution in [0.25, 0.3) is 0 Å². The molecule has 0 aliphatic heterocycles. The van der Waals surface area contributed by atoms with Gasteiger partial charge in [0.15, 0.2) is 0 Å². The summed E-state index contributed by atoms with van der Waals surface area (Å²) in [5, 5.41) is 2.62. The van der Waals surface area contributed by atoms with E-state index in [1.165, 1.54) is 0 Å². The minimum absolute atomic E-state index is 0.413. The molecule has 0 fully saturated rings. The summed E-state index contributed by atoms with van der Waals surface area (Å²) in [6.45, 7) is 12.9. The van der Waals surface area contributed by atoms with Crippen LogP contribution in [0.1, 0.15) is 74.1 Å². The van der Waals surface area contributed by atoms with Crippen molar-refractivity contribution in [3.63, 3.8) is 0 Å². The summed E-state index contributed by atoms with van der Waals surface area (Å²) in [7, 11) is 0. The minimum Gasteiger partial charge on any atom is -0.458 e. The van der Waals surface area contributed by atoms with Crippen molar-refractivity contribution in [1.29, 1.82) is 0 Å². The van der Waals surface area contributed by atoms with E-state index in [2.05, 4.69) is 12.2 Å². The van der Waals surface area contributed by atoms with Crippen LogP contribution in [0, 0.1) is 0 Å². The van der Waals surface area contributed by atoms with E-state index >= 15 is 0 Å². The number of carbonyl (C=O) groups excluding carboxylic acids is 2. The van der Waals surface area contributed by atoms with Crippen LogP contribution < -0.4 is 5.32 Å². The number of amides is 1. The first-order valence-electron chi connectivity index (χ1n) is 7.67. The Morgan fingerprint density at radius 2 is 1.48 bits per heavy atom. The third-order valence-corrected chi connectivity index (χ3v) is 2.48. The van der Waals surface area contributed by atoms with Crippen molar-refractivity contribution in [3.05, 3.63) is 0 Å². The lowest BCUT2D eigenvalue weighted by Crippen LogP contribution is -2.46. The van der Waals surface area contributed by atoms with E-state index in [0.29, 0.717) is 6.42 Å². The van der Waals surface area contributed by atoms with Gasteiger partial charge in [-0.25, -0.2) is 9.59 Å². The average molecular weight is 301 g/mol. The topological polar surface area (TPSA) is 64.6 Å². The number of alkyl carbamates (subject to hydrolysis) is 1. The van der Waals surface area contributed by atoms with Gasteiger partial charge >= 0.3 is 12.1 Å². The Morgan fingerprint density at radius 1 is 0.952 bits per heavy atom. The van der Waals surface area contributed by atoms with E-state index in [-0.39, 0.29) is 0 Å². The van der Waals surface area contributed by atoms with E-state index < -0.39 is 29.3 Å². The number of carbonyl (C=O) groups is 2. The molecule has 21 heavy (non-hydrogen) atoms. The predicted molar refractivity (Wildman–Crippen MR) is 83.1 cm³/mol. The van der Waals surface area contributed by atoms with Gasteiger partial charge in [0, 0.05) is 0 Å². The number of rotatable bonds is 6. The first-order valence-corrected chi connectivity index (χ1v) is 7.67. The Morgan fingerprint density at radius 3 is 1.90 bits per heavy atom. The quantitative estimate of drug-likeness (QED) is 0.598. The molecule has 0 heterocycles. The summed E-state index contributed by atoms with van der Waals surface area (Å²) < 4.78 is 10.5.